The number of nitrogens with one attached hydrogen (secondary N) is 1. The highest BCUT2D eigenvalue weighted by Crippen LogP contribution is 2.40. The van der Waals surface area contributed by atoms with Crippen LogP contribution < -0.4 is 24.7 Å². The van der Waals surface area contributed by atoms with Gasteiger partial charge in [0.05, 0.1) is 23.1 Å². The lowest BCUT2D eigenvalue weighted by atomic mass is 9.87. The van der Waals surface area contributed by atoms with Crippen LogP contribution in [-0.2, 0) is 4.79 Å². The minimum atomic E-state index is -0.120. The molecule has 5 rings (SSSR count). The zero-order valence-corrected chi connectivity index (χ0v) is 19.9. The first-order valence-electron chi connectivity index (χ1n) is 11.5. The minimum Gasteiger partial charge on any atom is -0.493 e. The summed E-state index contributed by atoms with van der Waals surface area (Å²) in [4.78, 5) is 17.3. The average Bonchev–Trinajstić information content (AvgIpc) is 3.46. The number of fused-ring (bicyclic) bond motifs is 2. The molecule has 0 saturated heterocycles. The molecule has 2 aromatic heterocycles. The van der Waals surface area contributed by atoms with E-state index in [1.807, 2.05) is 24.4 Å². The topological polar surface area (TPSA) is 78.3 Å². The molecule has 1 amide bonds. The molecule has 0 fully saturated rings. The average molecular weight is 465 g/mol. The van der Waals surface area contributed by atoms with Crippen molar-refractivity contribution in [3.05, 3.63) is 45.4 Å². The van der Waals surface area contributed by atoms with Crippen LogP contribution in [0.15, 0.2) is 24.4 Å². The molecule has 0 saturated carbocycles. The lowest BCUT2D eigenvalue weighted by Crippen LogP contribution is -2.23. The van der Waals surface area contributed by atoms with Crippen molar-refractivity contribution in [1.29, 1.82) is 0 Å². The predicted octanol–water partition coefficient (Wildman–Crippen LogP) is 3.73. The fourth-order valence-electron chi connectivity index (χ4n) is 4.41. The normalized spacial score (nSPS) is 17.0. The zero-order chi connectivity index (χ0) is 22.9. The molecule has 0 radical (unpaired) electrons. The van der Waals surface area contributed by atoms with Gasteiger partial charge in [0.2, 0.25) is 11.0 Å². The van der Waals surface area contributed by atoms with Gasteiger partial charge in [-0.05, 0) is 43.4 Å². The van der Waals surface area contributed by atoms with Gasteiger partial charge in [0.25, 0.3) is 0 Å². The lowest BCUT2D eigenvalue weighted by Gasteiger charge is -2.24. The first-order chi connectivity index (χ1) is 16.1. The number of nitrogens with zero attached hydrogens (tertiary/aromatic N) is 3. The summed E-state index contributed by atoms with van der Waals surface area (Å²) in [6.45, 7) is 4.23. The summed E-state index contributed by atoms with van der Waals surface area (Å²) in [5.41, 5.74) is 1.99. The van der Waals surface area contributed by atoms with Crippen molar-refractivity contribution in [2.75, 3.05) is 12.4 Å². The summed E-state index contributed by atoms with van der Waals surface area (Å²) in [7, 11) is 1.65. The van der Waals surface area contributed by atoms with Crippen molar-refractivity contribution in [2.45, 2.75) is 58.0 Å². The zero-order valence-electron chi connectivity index (χ0n) is 19.1. The highest BCUT2D eigenvalue weighted by Gasteiger charge is 2.31. The molecule has 1 atom stereocenters. The molecule has 1 N–H and O–H groups in total. The molecule has 33 heavy (non-hydrogen) atoms. The van der Waals surface area contributed by atoms with Crippen LogP contribution in [0, 0.1) is 0 Å². The number of methoxy groups -OCH3 is 1. The van der Waals surface area contributed by atoms with E-state index in [1.54, 1.807) is 23.1 Å². The predicted molar refractivity (Wildman–Crippen MR) is 130 cm³/mol. The third-order valence-electron chi connectivity index (χ3n) is 6.26. The largest absolute Gasteiger partial charge is 0.493 e. The first-order valence-corrected chi connectivity index (χ1v) is 12.3. The maximum atomic E-state index is 12.6. The summed E-state index contributed by atoms with van der Waals surface area (Å²) >= 11 is 1.62. The van der Waals surface area contributed by atoms with Crippen LogP contribution in [0.25, 0.3) is 17.3 Å². The van der Waals surface area contributed by atoms with Crippen molar-refractivity contribution in [2.24, 2.45) is 0 Å². The number of amides is 1. The lowest BCUT2D eigenvalue weighted by molar-refractivity contribution is -0.116. The Labute approximate surface area is 196 Å². The third-order valence-corrected chi connectivity index (χ3v) is 7.32. The molecule has 3 aromatic rings. The number of rotatable bonds is 7. The van der Waals surface area contributed by atoms with Gasteiger partial charge in [-0.25, -0.2) is 9.67 Å². The van der Waals surface area contributed by atoms with Crippen LogP contribution >= 0.6 is 11.3 Å². The molecule has 2 aliphatic rings. The molecule has 1 aliphatic carbocycles. The highest BCUT2D eigenvalue weighted by atomic mass is 32.1. The molecular weight excluding hydrogens is 436 g/mol. The SMILES string of the molecule is CCC(CC)Oc1cc(C2CC(=O)Nc3nn(-c4nc5c(s4)=CCCC=5)cc32)ccc1OC. The van der Waals surface area contributed by atoms with E-state index in [1.165, 1.54) is 4.53 Å². The van der Waals surface area contributed by atoms with Gasteiger partial charge >= 0.3 is 0 Å². The van der Waals surface area contributed by atoms with Gasteiger partial charge < -0.3 is 14.8 Å². The number of ether oxygens (including phenoxy) is 2. The number of hydrogen-bond donors (Lipinski definition) is 1. The summed E-state index contributed by atoms with van der Waals surface area (Å²) < 4.78 is 14.8. The smallest absolute Gasteiger partial charge is 0.226 e. The van der Waals surface area contributed by atoms with Crippen molar-refractivity contribution in [3.8, 4) is 16.6 Å². The number of carbonyl (C=O) groups excluding carboxylic acids is 1. The Kier molecular flexibility index (Phi) is 5.93. The van der Waals surface area contributed by atoms with Gasteiger partial charge in [0, 0.05) is 24.1 Å². The molecule has 0 bridgehead atoms. The quantitative estimate of drug-likeness (QED) is 0.576. The van der Waals surface area contributed by atoms with E-state index < -0.39 is 0 Å². The van der Waals surface area contributed by atoms with Crippen molar-refractivity contribution >= 4 is 35.2 Å². The van der Waals surface area contributed by atoms with E-state index in [9.17, 15) is 4.79 Å². The number of carbonyl (C=O) groups is 1. The van der Waals surface area contributed by atoms with Crippen LogP contribution in [0.5, 0.6) is 11.5 Å². The Bertz CT molecular complexity index is 1270. The van der Waals surface area contributed by atoms with Crippen LogP contribution in [0.1, 0.15) is 63.0 Å². The third kappa shape index (κ3) is 4.15. The van der Waals surface area contributed by atoms with E-state index in [4.69, 9.17) is 14.5 Å². The summed E-state index contributed by atoms with van der Waals surface area (Å²) in [5, 5.41) is 9.44. The fraction of sp³-hybridized carbons (Fsp3) is 0.400. The van der Waals surface area contributed by atoms with E-state index in [2.05, 4.69) is 36.4 Å². The van der Waals surface area contributed by atoms with Gasteiger partial charge in [0.15, 0.2) is 17.3 Å². The Hall–Kier alpha value is -3.13. The summed E-state index contributed by atoms with van der Waals surface area (Å²) in [5.74, 6) is 1.84. The van der Waals surface area contributed by atoms with E-state index >= 15 is 0 Å². The molecule has 1 aromatic carbocycles. The Morgan fingerprint density at radius 2 is 2.03 bits per heavy atom. The first kappa shape index (κ1) is 21.7. The maximum Gasteiger partial charge on any atom is 0.226 e. The standard InChI is InChI=1S/C25H28N4O3S/c1-4-16(5-2)32-21-12-15(10-11-20(21)31-3)17-13-23(30)27-24-18(17)14-29(28-24)25-26-19-8-6-7-9-22(19)33-25/h8-12,14,16-17H,4-7,13H2,1-3H3,(H,27,28,30). The van der Waals surface area contributed by atoms with Gasteiger partial charge in [-0.1, -0.05) is 43.4 Å². The van der Waals surface area contributed by atoms with Gasteiger partial charge in [0.1, 0.15) is 0 Å². The number of aromatic nitrogens is 3. The highest BCUT2D eigenvalue weighted by molar-refractivity contribution is 7.11. The van der Waals surface area contributed by atoms with Crippen molar-refractivity contribution in [3.63, 3.8) is 0 Å². The molecule has 8 heteroatoms. The molecule has 0 spiro atoms. The van der Waals surface area contributed by atoms with Gasteiger partial charge in [-0.3, -0.25) is 4.79 Å². The molecule has 3 heterocycles. The van der Waals surface area contributed by atoms with Crippen LogP contribution in [0.3, 0.4) is 0 Å². The fourth-order valence-corrected chi connectivity index (χ4v) is 5.37. The van der Waals surface area contributed by atoms with E-state index in [-0.39, 0.29) is 17.9 Å². The monoisotopic (exact) mass is 464 g/mol. The van der Waals surface area contributed by atoms with Crippen molar-refractivity contribution < 1.29 is 14.3 Å². The summed E-state index contributed by atoms with van der Waals surface area (Å²) in [6.07, 6.45) is 10.8. The Morgan fingerprint density at radius 1 is 1.21 bits per heavy atom. The number of thiazole rings is 1. The maximum absolute atomic E-state index is 12.6. The molecular formula is C25H28N4O3S. The second-order valence-corrected chi connectivity index (χ2v) is 9.39. The number of anilines is 1. The van der Waals surface area contributed by atoms with E-state index in [0.29, 0.717) is 23.7 Å². The number of hydrogen-bond acceptors (Lipinski definition) is 6. The molecule has 172 valence electrons. The minimum absolute atomic E-state index is 0.0453. The number of benzene rings is 1. The molecule has 7 nitrogen and oxygen atoms in total. The second-order valence-electron chi connectivity index (χ2n) is 8.38. The van der Waals surface area contributed by atoms with E-state index in [0.717, 1.165) is 47.3 Å². The molecule has 1 unspecified atom stereocenters. The summed E-state index contributed by atoms with van der Waals surface area (Å²) in [6, 6.07) is 5.94. The Balaban J connectivity index is 1.53. The van der Waals surface area contributed by atoms with Gasteiger partial charge in [-0.2, -0.15) is 0 Å². The molecule has 1 aliphatic heterocycles. The second kappa shape index (κ2) is 9.02. The van der Waals surface area contributed by atoms with Crippen LogP contribution in [-0.4, -0.2) is 33.9 Å². The Morgan fingerprint density at radius 3 is 2.79 bits per heavy atom. The van der Waals surface area contributed by atoms with Crippen LogP contribution in [0.4, 0.5) is 5.82 Å². The van der Waals surface area contributed by atoms with Crippen LogP contribution in [0.2, 0.25) is 0 Å². The van der Waals surface area contributed by atoms with Gasteiger partial charge in [-0.15, -0.1) is 5.10 Å². The van der Waals surface area contributed by atoms with Crippen molar-refractivity contribution in [1.82, 2.24) is 14.8 Å².